The van der Waals surface area contributed by atoms with Crippen LogP contribution in [-0.2, 0) is 21.3 Å². The first-order valence-corrected chi connectivity index (χ1v) is 10.1. The van der Waals surface area contributed by atoms with Gasteiger partial charge in [0.1, 0.15) is 5.65 Å². The Kier molecular flexibility index (Phi) is 4.47. The number of sulfonamides is 1. The Morgan fingerprint density at radius 2 is 2.23 bits per heavy atom. The highest BCUT2D eigenvalue weighted by molar-refractivity contribution is 7.89. The fourth-order valence-electron chi connectivity index (χ4n) is 3.06. The molecule has 1 fully saturated rings. The number of nitrogens with zero attached hydrogens (tertiary/aromatic N) is 5. The van der Waals surface area contributed by atoms with Crippen molar-refractivity contribution >= 4 is 27.3 Å². The van der Waals surface area contributed by atoms with E-state index >= 15 is 0 Å². The first-order chi connectivity index (χ1) is 12.5. The maximum absolute atomic E-state index is 13.2. The quantitative estimate of drug-likeness (QED) is 0.674. The predicted octanol–water partition coefficient (Wildman–Crippen LogP) is 1.97. The molecule has 8 nitrogen and oxygen atoms in total. The van der Waals surface area contributed by atoms with Gasteiger partial charge in [-0.2, -0.15) is 9.40 Å². The number of morpholine rings is 1. The molecule has 1 aliphatic rings. The lowest BCUT2D eigenvalue weighted by atomic mass is 10.2. The summed E-state index contributed by atoms with van der Waals surface area (Å²) in [5, 5.41) is 4.19. The largest absolute Gasteiger partial charge is 0.371 e. The number of hydrogen-bond donors (Lipinski definition) is 0. The molecule has 0 aromatic carbocycles. The molecule has 0 saturated carbocycles. The third-order valence-electron chi connectivity index (χ3n) is 4.41. The summed E-state index contributed by atoms with van der Waals surface area (Å²) in [6.45, 7) is 3.50. The van der Waals surface area contributed by atoms with E-state index in [9.17, 15) is 8.42 Å². The Hall–Kier alpha value is -1.94. The van der Waals surface area contributed by atoms with E-state index in [1.165, 1.54) is 8.71 Å². The third-order valence-corrected chi connectivity index (χ3v) is 6.67. The number of aryl methyl sites for hydroxylation is 1. The third kappa shape index (κ3) is 2.90. The van der Waals surface area contributed by atoms with Crippen molar-refractivity contribution in [3.8, 4) is 0 Å². The van der Waals surface area contributed by atoms with Gasteiger partial charge in [0.05, 0.1) is 18.9 Å². The average Bonchev–Trinajstić information content (AvgIpc) is 3.25. The van der Waals surface area contributed by atoms with Crippen LogP contribution in [0.3, 0.4) is 0 Å². The fourth-order valence-corrected chi connectivity index (χ4v) is 5.08. The molecule has 3 aromatic rings. The molecule has 0 amide bonds. The molecule has 0 spiro atoms. The fraction of sp³-hybridized carbons (Fsp3) is 0.375. The van der Waals surface area contributed by atoms with Crippen LogP contribution in [0.2, 0.25) is 5.15 Å². The van der Waals surface area contributed by atoms with Gasteiger partial charge in [0.15, 0.2) is 10.2 Å². The number of pyridine rings is 1. The zero-order valence-electron chi connectivity index (χ0n) is 14.1. The molecule has 0 N–H and O–H groups in total. The minimum absolute atomic E-state index is 0.0142. The Labute approximate surface area is 156 Å². The van der Waals surface area contributed by atoms with Crippen LogP contribution < -0.4 is 0 Å². The van der Waals surface area contributed by atoms with Gasteiger partial charge in [-0.3, -0.25) is 9.08 Å². The van der Waals surface area contributed by atoms with Crippen LogP contribution in [0.5, 0.6) is 0 Å². The van der Waals surface area contributed by atoms with Gasteiger partial charge in [0.2, 0.25) is 0 Å². The summed E-state index contributed by atoms with van der Waals surface area (Å²) in [5.74, 6) is 0. The lowest BCUT2D eigenvalue weighted by molar-refractivity contribution is -0.00268. The molecule has 1 saturated heterocycles. The molecular weight excluding hydrogens is 378 g/mol. The number of halogens is 1. The van der Waals surface area contributed by atoms with Crippen molar-refractivity contribution in [1.82, 2.24) is 23.5 Å². The molecule has 0 bridgehead atoms. The first-order valence-electron chi connectivity index (χ1n) is 8.27. The van der Waals surface area contributed by atoms with Crippen molar-refractivity contribution in [2.45, 2.75) is 24.6 Å². The second kappa shape index (κ2) is 6.66. The molecule has 0 radical (unpaired) electrons. The summed E-state index contributed by atoms with van der Waals surface area (Å²) in [7, 11) is -3.82. The highest BCUT2D eigenvalue weighted by Gasteiger charge is 2.35. The Morgan fingerprint density at radius 1 is 1.38 bits per heavy atom. The molecule has 4 rings (SSSR count). The smallest absolute Gasteiger partial charge is 0.262 e. The Morgan fingerprint density at radius 3 is 3.00 bits per heavy atom. The SMILES string of the molecule is CCn1cc([C@@H]2CN(S(=O)(=O)c3c(Cl)nc4ccccn34)CCO2)cn1. The van der Waals surface area contributed by atoms with Gasteiger partial charge in [-0.25, -0.2) is 13.4 Å². The van der Waals surface area contributed by atoms with Crippen LogP contribution in [0.1, 0.15) is 18.6 Å². The molecular formula is C16H18ClN5O3S. The number of imidazole rings is 1. The normalized spacial score (nSPS) is 19.2. The van der Waals surface area contributed by atoms with Crippen LogP contribution in [-0.4, -0.2) is 51.6 Å². The van der Waals surface area contributed by atoms with E-state index in [1.807, 2.05) is 13.1 Å². The van der Waals surface area contributed by atoms with E-state index in [-0.39, 0.29) is 29.4 Å². The second-order valence-corrected chi connectivity index (χ2v) is 8.20. The van der Waals surface area contributed by atoms with Gasteiger partial charge in [0, 0.05) is 37.6 Å². The van der Waals surface area contributed by atoms with Crippen molar-refractivity contribution < 1.29 is 13.2 Å². The van der Waals surface area contributed by atoms with Crippen molar-refractivity contribution in [2.24, 2.45) is 0 Å². The van der Waals surface area contributed by atoms with E-state index in [2.05, 4.69) is 10.1 Å². The number of aromatic nitrogens is 4. The lowest BCUT2D eigenvalue weighted by Crippen LogP contribution is -2.42. The average molecular weight is 396 g/mol. The molecule has 0 unspecified atom stereocenters. The molecule has 4 heterocycles. The topological polar surface area (TPSA) is 81.7 Å². The lowest BCUT2D eigenvalue weighted by Gasteiger charge is -2.31. The van der Waals surface area contributed by atoms with Gasteiger partial charge in [0.25, 0.3) is 10.0 Å². The van der Waals surface area contributed by atoms with Crippen LogP contribution >= 0.6 is 11.6 Å². The molecule has 10 heteroatoms. The second-order valence-electron chi connectivity index (χ2n) is 5.99. The molecule has 26 heavy (non-hydrogen) atoms. The van der Waals surface area contributed by atoms with E-state index in [0.29, 0.717) is 12.3 Å². The number of rotatable bonds is 4. The minimum atomic E-state index is -3.82. The Balaban J connectivity index is 1.68. The first kappa shape index (κ1) is 17.5. The predicted molar refractivity (Wildman–Crippen MR) is 95.6 cm³/mol. The molecule has 0 aliphatic carbocycles. The van der Waals surface area contributed by atoms with Crippen molar-refractivity contribution in [3.05, 3.63) is 47.5 Å². The van der Waals surface area contributed by atoms with Gasteiger partial charge >= 0.3 is 0 Å². The summed E-state index contributed by atoms with van der Waals surface area (Å²) in [5.41, 5.74) is 1.35. The standard InChI is InChI=1S/C16H18ClN5O3S/c1-2-20-10-12(9-18-20)13-11-21(7-8-25-13)26(23,24)16-15(17)19-14-5-3-4-6-22(14)16/h3-6,9-10,13H,2,7-8,11H2,1H3/t13-/m0/s1. The van der Waals surface area contributed by atoms with Gasteiger partial charge in [-0.15, -0.1) is 0 Å². The van der Waals surface area contributed by atoms with E-state index in [1.54, 1.807) is 35.3 Å². The minimum Gasteiger partial charge on any atom is -0.371 e. The van der Waals surface area contributed by atoms with Crippen molar-refractivity contribution in [1.29, 1.82) is 0 Å². The maximum atomic E-state index is 13.2. The van der Waals surface area contributed by atoms with Crippen LogP contribution in [0.4, 0.5) is 0 Å². The van der Waals surface area contributed by atoms with E-state index in [4.69, 9.17) is 16.3 Å². The zero-order chi connectivity index (χ0) is 18.3. The summed E-state index contributed by atoms with van der Waals surface area (Å²) < 4.78 is 36.9. The highest BCUT2D eigenvalue weighted by Crippen LogP contribution is 2.30. The van der Waals surface area contributed by atoms with E-state index in [0.717, 1.165) is 12.1 Å². The summed E-state index contributed by atoms with van der Waals surface area (Å²) in [6.07, 6.45) is 4.87. The van der Waals surface area contributed by atoms with Crippen LogP contribution in [0.25, 0.3) is 5.65 Å². The molecule has 138 valence electrons. The van der Waals surface area contributed by atoms with Gasteiger partial charge in [-0.1, -0.05) is 17.7 Å². The molecule has 1 atom stereocenters. The van der Waals surface area contributed by atoms with Crippen LogP contribution in [0, 0.1) is 0 Å². The van der Waals surface area contributed by atoms with Crippen LogP contribution in [0.15, 0.2) is 41.8 Å². The summed E-state index contributed by atoms with van der Waals surface area (Å²) >= 11 is 6.16. The monoisotopic (exact) mass is 395 g/mol. The summed E-state index contributed by atoms with van der Waals surface area (Å²) in [6, 6.07) is 5.24. The van der Waals surface area contributed by atoms with Crippen molar-refractivity contribution in [2.75, 3.05) is 19.7 Å². The van der Waals surface area contributed by atoms with Crippen molar-refractivity contribution in [3.63, 3.8) is 0 Å². The van der Waals surface area contributed by atoms with E-state index < -0.39 is 10.0 Å². The number of fused-ring (bicyclic) bond motifs is 1. The maximum Gasteiger partial charge on any atom is 0.262 e. The van der Waals surface area contributed by atoms with Gasteiger partial charge < -0.3 is 4.74 Å². The zero-order valence-corrected chi connectivity index (χ0v) is 15.7. The molecule has 3 aromatic heterocycles. The van der Waals surface area contributed by atoms with Gasteiger partial charge in [-0.05, 0) is 19.1 Å². The Bertz CT molecular complexity index is 1050. The number of hydrogen-bond acceptors (Lipinski definition) is 5. The number of ether oxygens (including phenoxy) is 1. The highest BCUT2D eigenvalue weighted by atomic mass is 35.5. The summed E-state index contributed by atoms with van der Waals surface area (Å²) in [4.78, 5) is 4.14. The molecule has 1 aliphatic heterocycles.